The number of carboxylic acids is 1. The highest BCUT2D eigenvalue weighted by Crippen LogP contribution is 1.99. The second-order valence-corrected chi connectivity index (χ2v) is 2.08. The fraction of sp³-hybridized carbons (Fsp3) is 0. The largest absolute Gasteiger partial charge is 0.478 e. The fourth-order valence-corrected chi connectivity index (χ4v) is 0.732. The molecule has 0 bridgehead atoms. The van der Waals surface area contributed by atoms with Crippen LogP contribution in [-0.4, -0.2) is 51.5 Å². The van der Waals surface area contributed by atoms with E-state index in [1.165, 1.54) is 0 Å². The minimum absolute atomic E-state index is 0. The average Bonchev–Trinajstić information content (AvgIpc) is 2.03. The topological polar surface area (TPSA) is 37.3 Å². The summed E-state index contributed by atoms with van der Waals surface area (Å²) in [6.07, 6.45) is 2.68. The van der Waals surface area contributed by atoms with Gasteiger partial charge >= 0.3 is 29.0 Å². The minimum atomic E-state index is -0.922. The molecule has 13 heavy (non-hydrogen) atoms. The van der Waals surface area contributed by atoms with Gasteiger partial charge in [-0.3, -0.25) is 0 Å². The Morgan fingerprint density at radius 1 is 1.23 bits per heavy atom. The van der Waals surface area contributed by atoms with Crippen molar-refractivity contribution < 1.29 is 9.90 Å². The molecule has 1 N–H and O–H groups in total. The third kappa shape index (κ3) is 6.85. The van der Waals surface area contributed by atoms with Crippen LogP contribution in [0.1, 0.15) is 5.56 Å². The zero-order valence-corrected chi connectivity index (χ0v) is 5.90. The highest BCUT2D eigenvalue weighted by molar-refractivity contribution is 5.85. The Hall–Kier alpha value is -0.271. The third-order valence-electron chi connectivity index (χ3n) is 1.22. The van der Waals surface area contributed by atoms with E-state index in [1.54, 1.807) is 6.08 Å². The number of carboxylic acid groups (broad SMARTS) is 1. The van der Waals surface area contributed by atoms with E-state index in [-0.39, 0.29) is 40.4 Å². The number of hydrogen-bond acceptors (Lipinski definition) is 1. The van der Waals surface area contributed by atoms with Crippen LogP contribution in [0.4, 0.5) is 0 Å². The summed E-state index contributed by atoms with van der Waals surface area (Å²) in [5.74, 6) is -0.922. The summed E-state index contributed by atoms with van der Waals surface area (Å²) >= 11 is 0. The first-order valence-electron chi connectivity index (χ1n) is 3.25. The molecule has 0 aliphatic carbocycles. The lowest BCUT2D eigenvalue weighted by Gasteiger charge is -1.87. The SMILES string of the molecule is O=C(O)/C=C/c1ccccc1.[AlH3].[MgH2]. The van der Waals surface area contributed by atoms with Crippen molar-refractivity contribution in [1.29, 1.82) is 0 Å². The molecule has 0 heterocycles. The Balaban J connectivity index is 0. The first-order chi connectivity index (χ1) is 5.29. The maximum atomic E-state index is 10.1. The lowest BCUT2D eigenvalue weighted by Crippen LogP contribution is -1.85. The van der Waals surface area contributed by atoms with Gasteiger partial charge in [0.2, 0.25) is 0 Å². The van der Waals surface area contributed by atoms with Gasteiger partial charge in [0.15, 0.2) is 17.4 Å². The van der Waals surface area contributed by atoms with Crippen LogP contribution < -0.4 is 0 Å². The highest BCUT2D eigenvalue weighted by Gasteiger charge is 1.85. The molecule has 0 amide bonds. The Labute approximate surface area is 104 Å². The van der Waals surface area contributed by atoms with Crippen LogP contribution in [0, 0.1) is 0 Å². The van der Waals surface area contributed by atoms with Crippen LogP contribution in [0.25, 0.3) is 6.08 Å². The Bertz CT molecular complexity index is 272. The quantitative estimate of drug-likeness (QED) is 0.530. The molecule has 0 spiro atoms. The molecule has 66 valence electrons. The summed E-state index contributed by atoms with van der Waals surface area (Å²) < 4.78 is 0. The number of hydrogen-bond donors (Lipinski definition) is 1. The van der Waals surface area contributed by atoms with Crippen molar-refractivity contribution in [2.24, 2.45) is 0 Å². The van der Waals surface area contributed by atoms with Crippen molar-refractivity contribution in [2.75, 3.05) is 0 Å². The Morgan fingerprint density at radius 3 is 2.23 bits per heavy atom. The van der Waals surface area contributed by atoms with E-state index in [9.17, 15) is 4.79 Å². The molecule has 1 aromatic rings. The number of carbonyl (C=O) groups is 1. The highest BCUT2D eigenvalue weighted by atomic mass is 27.0. The van der Waals surface area contributed by atoms with Crippen molar-refractivity contribution >= 4 is 52.5 Å². The average molecular weight is 204 g/mol. The summed E-state index contributed by atoms with van der Waals surface area (Å²) in [5, 5.41) is 8.29. The van der Waals surface area contributed by atoms with E-state index >= 15 is 0 Å². The minimum Gasteiger partial charge on any atom is -0.478 e. The zero-order chi connectivity index (χ0) is 8.10. The van der Waals surface area contributed by atoms with Gasteiger partial charge in [0.05, 0.1) is 0 Å². The summed E-state index contributed by atoms with van der Waals surface area (Å²) in [6, 6.07) is 9.31. The lowest BCUT2D eigenvalue weighted by atomic mass is 10.2. The molecule has 0 aliphatic rings. The van der Waals surface area contributed by atoms with Gasteiger partial charge in [-0.05, 0) is 11.6 Å². The van der Waals surface area contributed by atoms with Crippen LogP contribution in [0.15, 0.2) is 36.4 Å². The van der Waals surface area contributed by atoms with E-state index < -0.39 is 5.97 Å². The molecule has 0 saturated carbocycles. The smallest absolute Gasteiger partial charge is 0.328 e. The molecule has 4 heteroatoms. The van der Waals surface area contributed by atoms with E-state index in [0.717, 1.165) is 11.6 Å². The summed E-state index contributed by atoms with van der Waals surface area (Å²) in [4.78, 5) is 10.1. The molecule has 0 aliphatic heterocycles. The Kier molecular flexibility index (Phi) is 9.75. The standard InChI is InChI=1S/C9H8O2.Al.Mg.5H/c10-9(11)7-6-8-4-2-1-3-5-8;;;;;;;/h1-7H,(H,10,11);;;;;;;/b7-6+;;;;;;;. The molecule has 0 atom stereocenters. The van der Waals surface area contributed by atoms with Gasteiger partial charge in [-0.1, -0.05) is 30.3 Å². The van der Waals surface area contributed by atoms with Crippen molar-refractivity contribution in [3.8, 4) is 0 Å². The predicted octanol–water partition coefficient (Wildman–Crippen LogP) is -0.316. The van der Waals surface area contributed by atoms with Crippen LogP contribution >= 0.6 is 0 Å². The molecule has 1 aromatic carbocycles. The van der Waals surface area contributed by atoms with Crippen LogP contribution in [-0.2, 0) is 4.79 Å². The monoisotopic (exact) mass is 204 g/mol. The first kappa shape index (κ1) is 15.2. The maximum Gasteiger partial charge on any atom is 0.328 e. The van der Waals surface area contributed by atoms with Crippen LogP contribution in [0.3, 0.4) is 0 Å². The van der Waals surface area contributed by atoms with Crippen LogP contribution in [0.2, 0.25) is 0 Å². The van der Waals surface area contributed by atoms with Gasteiger partial charge in [0.1, 0.15) is 0 Å². The maximum absolute atomic E-state index is 10.1. The predicted molar refractivity (Wildman–Crippen MR) is 61.6 cm³/mol. The zero-order valence-electron chi connectivity index (χ0n) is 5.90. The van der Waals surface area contributed by atoms with E-state index in [2.05, 4.69) is 0 Å². The molecule has 0 aromatic heterocycles. The Morgan fingerprint density at radius 2 is 1.77 bits per heavy atom. The fourth-order valence-electron chi connectivity index (χ4n) is 0.732. The van der Waals surface area contributed by atoms with Gasteiger partial charge in [-0.25, -0.2) is 4.79 Å². The van der Waals surface area contributed by atoms with E-state index in [4.69, 9.17) is 5.11 Å². The second-order valence-electron chi connectivity index (χ2n) is 2.08. The number of benzene rings is 1. The molecule has 0 saturated heterocycles. The van der Waals surface area contributed by atoms with Crippen molar-refractivity contribution in [3.05, 3.63) is 42.0 Å². The molecular weight excluding hydrogens is 191 g/mol. The normalized spacial score (nSPS) is 8.62. The van der Waals surface area contributed by atoms with Gasteiger partial charge in [0, 0.05) is 6.08 Å². The van der Waals surface area contributed by atoms with E-state index in [0.29, 0.717) is 0 Å². The molecular formula is C9H13AlMgO2. The summed E-state index contributed by atoms with van der Waals surface area (Å²) in [7, 11) is 0. The van der Waals surface area contributed by atoms with E-state index in [1.807, 2.05) is 30.3 Å². The number of rotatable bonds is 2. The number of aliphatic carboxylic acids is 1. The van der Waals surface area contributed by atoms with Gasteiger partial charge in [0.25, 0.3) is 0 Å². The van der Waals surface area contributed by atoms with Crippen molar-refractivity contribution in [1.82, 2.24) is 0 Å². The summed E-state index contributed by atoms with van der Waals surface area (Å²) in [5.41, 5.74) is 0.898. The van der Waals surface area contributed by atoms with Crippen LogP contribution in [0.5, 0.6) is 0 Å². The molecule has 0 fully saturated rings. The summed E-state index contributed by atoms with van der Waals surface area (Å²) in [6.45, 7) is 0. The second kappa shape index (κ2) is 8.33. The lowest BCUT2D eigenvalue weighted by molar-refractivity contribution is -0.131. The van der Waals surface area contributed by atoms with Gasteiger partial charge in [-0.2, -0.15) is 0 Å². The third-order valence-corrected chi connectivity index (χ3v) is 1.22. The molecule has 2 nitrogen and oxygen atoms in total. The first-order valence-corrected chi connectivity index (χ1v) is 3.25. The molecule has 1 rings (SSSR count). The van der Waals surface area contributed by atoms with Gasteiger partial charge < -0.3 is 5.11 Å². The van der Waals surface area contributed by atoms with Crippen molar-refractivity contribution in [3.63, 3.8) is 0 Å². The molecule has 0 radical (unpaired) electrons. The van der Waals surface area contributed by atoms with Gasteiger partial charge in [-0.15, -0.1) is 0 Å². The molecule has 0 unspecified atom stereocenters. The van der Waals surface area contributed by atoms with Crippen molar-refractivity contribution in [2.45, 2.75) is 0 Å².